The highest BCUT2D eigenvalue weighted by atomic mass is 32.1. The molecule has 2 aromatic heterocycles. The van der Waals surface area contributed by atoms with E-state index in [1.165, 1.54) is 23.7 Å². The summed E-state index contributed by atoms with van der Waals surface area (Å²) < 4.78 is 0. The Balaban J connectivity index is 2.23. The zero-order chi connectivity index (χ0) is 13.7. The minimum absolute atomic E-state index is 0.228. The third-order valence-corrected chi connectivity index (χ3v) is 2.89. The van der Waals surface area contributed by atoms with Crippen LogP contribution in [0, 0.1) is 18.8 Å². The van der Waals surface area contributed by atoms with Crippen LogP contribution in [0.1, 0.15) is 20.9 Å². The number of rotatable bonds is 2. The van der Waals surface area contributed by atoms with Gasteiger partial charge in [0.25, 0.3) is 5.91 Å². The summed E-state index contributed by atoms with van der Waals surface area (Å²) in [4.78, 5) is 16.1. The van der Waals surface area contributed by atoms with E-state index in [-0.39, 0.29) is 12.5 Å². The number of pyridine rings is 1. The summed E-state index contributed by atoms with van der Waals surface area (Å²) >= 11 is 1.31. The molecular formula is C12H11N5OS. The molecule has 0 unspecified atom stereocenters. The Labute approximate surface area is 114 Å². The molecule has 0 saturated carbocycles. The third kappa shape index (κ3) is 3.34. The molecule has 0 aliphatic heterocycles. The smallest absolute Gasteiger partial charge is 0.258 e. The number of amides is 1. The molecule has 0 radical (unpaired) electrons. The van der Waals surface area contributed by atoms with Crippen LogP contribution in [-0.4, -0.2) is 27.6 Å². The Kier molecular flexibility index (Phi) is 4.18. The molecule has 0 atom stereocenters. The molecule has 0 spiro atoms. The second-order valence-electron chi connectivity index (χ2n) is 3.51. The van der Waals surface area contributed by atoms with Crippen molar-refractivity contribution in [3.63, 3.8) is 0 Å². The molecule has 3 N–H and O–H groups in total. The lowest BCUT2D eigenvalue weighted by Gasteiger charge is -2.03. The fourth-order valence-corrected chi connectivity index (χ4v) is 1.94. The predicted molar refractivity (Wildman–Crippen MR) is 72.8 cm³/mol. The Morgan fingerprint density at radius 1 is 1.53 bits per heavy atom. The minimum atomic E-state index is -0.292. The van der Waals surface area contributed by atoms with Gasteiger partial charge in [-0.1, -0.05) is 23.2 Å². The van der Waals surface area contributed by atoms with E-state index in [0.29, 0.717) is 16.3 Å². The molecular weight excluding hydrogens is 262 g/mol. The van der Waals surface area contributed by atoms with E-state index in [9.17, 15) is 4.79 Å². The minimum Gasteiger partial charge on any atom is -0.320 e. The quantitative estimate of drug-likeness (QED) is 0.789. The number of nitrogens with zero attached hydrogens (tertiary/aromatic N) is 3. The summed E-state index contributed by atoms with van der Waals surface area (Å²) in [7, 11) is 0. The van der Waals surface area contributed by atoms with Crippen molar-refractivity contribution in [3.8, 4) is 11.8 Å². The summed E-state index contributed by atoms with van der Waals surface area (Å²) in [6.45, 7) is 2.05. The molecule has 0 saturated heterocycles. The van der Waals surface area contributed by atoms with Gasteiger partial charge >= 0.3 is 0 Å². The van der Waals surface area contributed by atoms with Crippen LogP contribution >= 0.6 is 11.3 Å². The van der Waals surface area contributed by atoms with Gasteiger partial charge in [0.1, 0.15) is 5.01 Å². The number of hydrogen-bond donors (Lipinski definition) is 2. The lowest BCUT2D eigenvalue weighted by molar-refractivity contribution is 0.102. The number of anilines is 1. The van der Waals surface area contributed by atoms with Crippen LogP contribution in [-0.2, 0) is 0 Å². The SMILES string of the molecule is Cc1nnc(NC(=O)c2ccncc2C#CCN)s1. The topological polar surface area (TPSA) is 93.8 Å². The Morgan fingerprint density at radius 2 is 2.37 bits per heavy atom. The fraction of sp³-hybridized carbons (Fsp3) is 0.167. The van der Waals surface area contributed by atoms with Crippen LogP contribution in [0.2, 0.25) is 0 Å². The third-order valence-electron chi connectivity index (χ3n) is 2.14. The van der Waals surface area contributed by atoms with E-state index in [2.05, 4.69) is 32.3 Å². The van der Waals surface area contributed by atoms with Crippen LogP contribution in [0.5, 0.6) is 0 Å². The highest BCUT2D eigenvalue weighted by molar-refractivity contribution is 7.15. The zero-order valence-corrected chi connectivity index (χ0v) is 11.0. The van der Waals surface area contributed by atoms with Gasteiger partial charge in [0, 0.05) is 12.4 Å². The molecule has 19 heavy (non-hydrogen) atoms. The van der Waals surface area contributed by atoms with Gasteiger partial charge in [-0.05, 0) is 13.0 Å². The first-order chi connectivity index (χ1) is 9.20. The first-order valence-corrected chi connectivity index (χ1v) is 6.26. The van der Waals surface area contributed by atoms with Gasteiger partial charge in [0.05, 0.1) is 17.7 Å². The van der Waals surface area contributed by atoms with Crippen LogP contribution < -0.4 is 11.1 Å². The number of hydrogen-bond acceptors (Lipinski definition) is 6. The maximum absolute atomic E-state index is 12.1. The number of aromatic nitrogens is 3. The second-order valence-corrected chi connectivity index (χ2v) is 4.69. The van der Waals surface area contributed by atoms with Crippen molar-refractivity contribution >= 4 is 22.4 Å². The molecule has 0 bridgehead atoms. The summed E-state index contributed by atoms with van der Waals surface area (Å²) in [6.07, 6.45) is 3.07. The lowest BCUT2D eigenvalue weighted by Crippen LogP contribution is -2.13. The van der Waals surface area contributed by atoms with E-state index in [0.717, 1.165) is 5.01 Å². The van der Waals surface area contributed by atoms with Crippen molar-refractivity contribution in [2.45, 2.75) is 6.92 Å². The number of nitrogens with one attached hydrogen (secondary N) is 1. The van der Waals surface area contributed by atoms with Gasteiger partial charge < -0.3 is 5.73 Å². The summed E-state index contributed by atoms with van der Waals surface area (Å²) in [5, 5.41) is 11.6. The van der Waals surface area contributed by atoms with Crippen molar-refractivity contribution in [2.75, 3.05) is 11.9 Å². The monoisotopic (exact) mass is 273 g/mol. The van der Waals surface area contributed by atoms with E-state index >= 15 is 0 Å². The van der Waals surface area contributed by atoms with Gasteiger partial charge in [-0.25, -0.2) is 0 Å². The molecule has 7 heteroatoms. The van der Waals surface area contributed by atoms with Crippen LogP contribution in [0.15, 0.2) is 18.5 Å². The fourth-order valence-electron chi connectivity index (χ4n) is 1.35. The number of carbonyl (C=O) groups is 1. The largest absolute Gasteiger partial charge is 0.320 e. The van der Waals surface area contributed by atoms with Crippen LogP contribution in [0.25, 0.3) is 0 Å². The highest BCUT2D eigenvalue weighted by Crippen LogP contribution is 2.15. The molecule has 6 nitrogen and oxygen atoms in total. The molecule has 0 aliphatic carbocycles. The highest BCUT2D eigenvalue weighted by Gasteiger charge is 2.12. The maximum atomic E-state index is 12.1. The van der Waals surface area contributed by atoms with E-state index in [1.54, 1.807) is 6.07 Å². The molecule has 2 heterocycles. The number of carbonyl (C=O) groups excluding carboxylic acids is 1. The maximum Gasteiger partial charge on any atom is 0.258 e. The predicted octanol–water partition coefficient (Wildman–Crippen LogP) is 0.804. The van der Waals surface area contributed by atoms with E-state index in [4.69, 9.17) is 5.73 Å². The van der Waals surface area contributed by atoms with Gasteiger partial charge in [-0.2, -0.15) is 0 Å². The van der Waals surface area contributed by atoms with Gasteiger partial charge in [-0.15, -0.1) is 10.2 Å². The second kappa shape index (κ2) is 6.04. The molecule has 96 valence electrons. The summed E-state index contributed by atoms with van der Waals surface area (Å²) in [5.41, 5.74) is 6.29. The normalized spacial score (nSPS) is 9.58. The van der Waals surface area contributed by atoms with Gasteiger partial charge in [0.2, 0.25) is 5.13 Å². The summed E-state index contributed by atoms with van der Waals surface area (Å²) in [6, 6.07) is 1.60. The molecule has 2 rings (SSSR count). The molecule has 0 fully saturated rings. The Morgan fingerprint density at radius 3 is 3.05 bits per heavy atom. The standard InChI is InChI=1S/C12H11N5OS/c1-8-16-17-12(19-8)15-11(18)10-4-6-14-7-9(10)3-2-5-13/h4,6-7H,5,13H2,1H3,(H,15,17,18). The average molecular weight is 273 g/mol. The van der Waals surface area contributed by atoms with E-state index in [1.807, 2.05) is 6.92 Å². The Bertz CT molecular complexity index is 655. The van der Waals surface area contributed by atoms with Crippen molar-refractivity contribution in [1.82, 2.24) is 15.2 Å². The van der Waals surface area contributed by atoms with Crippen molar-refractivity contribution in [2.24, 2.45) is 5.73 Å². The van der Waals surface area contributed by atoms with Crippen LogP contribution in [0.3, 0.4) is 0 Å². The first-order valence-electron chi connectivity index (χ1n) is 5.45. The number of aryl methyl sites for hydroxylation is 1. The van der Waals surface area contributed by atoms with Gasteiger partial charge in [-0.3, -0.25) is 15.1 Å². The van der Waals surface area contributed by atoms with Crippen molar-refractivity contribution in [3.05, 3.63) is 34.6 Å². The first kappa shape index (κ1) is 13.1. The van der Waals surface area contributed by atoms with E-state index < -0.39 is 0 Å². The van der Waals surface area contributed by atoms with Crippen molar-refractivity contribution in [1.29, 1.82) is 0 Å². The molecule has 0 aliphatic rings. The van der Waals surface area contributed by atoms with Crippen LogP contribution in [0.4, 0.5) is 5.13 Å². The van der Waals surface area contributed by atoms with Crippen molar-refractivity contribution < 1.29 is 4.79 Å². The Hall–Kier alpha value is -2.30. The number of nitrogens with two attached hydrogens (primary N) is 1. The summed E-state index contributed by atoms with van der Waals surface area (Å²) in [5.74, 6) is 5.22. The molecule has 0 aromatic carbocycles. The van der Waals surface area contributed by atoms with Gasteiger partial charge in [0.15, 0.2) is 0 Å². The molecule has 2 aromatic rings. The molecule has 1 amide bonds. The zero-order valence-electron chi connectivity index (χ0n) is 10.2. The lowest BCUT2D eigenvalue weighted by atomic mass is 10.1. The average Bonchev–Trinajstić information content (AvgIpc) is 2.82.